The van der Waals surface area contributed by atoms with Gasteiger partial charge in [-0.2, -0.15) is 15.2 Å². The number of aryl methyl sites for hydroxylation is 1. The van der Waals surface area contributed by atoms with Gasteiger partial charge in [0.2, 0.25) is 11.8 Å². The van der Waals surface area contributed by atoms with Crippen molar-refractivity contribution in [2.75, 3.05) is 33.0 Å². The summed E-state index contributed by atoms with van der Waals surface area (Å²) in [4.78, 5) is 12.1. The molecule has 2 saturated heterocycles. The van der Waals surface area contributed by atoms with Gasteiger partial charge >= 0.3 is 0 Å². The number of nitrogen functional groups attached to an aromatic ring is 1. The zero-order chi connectivity index (χ0) is 31.5. The molecule has 3 N–H and O–H groups in total. The Morgan fingerprint density at radius 3 is 2.67 bits per heavy atom. The molecule has 0 radical (unpaired) electrons. The first-order valence-corrected chi connectivity index (χ1v) is 16.2. The molecule has 0 unspecified atom stereocenters. The van der Waals surface area contributed by atoms with Crippen molar-refractivity contribution >= 4 is 5.69 Å². The highest BCUT2D eigenvalue weighted by Crippen LogP contribution is 2.53. The molecule has 2 fully saturated rings. The molecule has 2 aliphatic carbocycles. The van der Waals surface area contributed by atoms with E-state index in [1.54, 1.807) is 13.2 Å². The summed E-state index contributed by atoms with van der Waals surface area (Å²) >= 11 is 0. The zero-order valence-corrected chi connectivity index (χ0v) is 26.9. The Kier molecular flexibility index (Phi) is 7.50. The lowest BCUT2D eigenvalue weighted by Crippen LogP contribution is -2.67. The van der Waals surface area contributed by atoms with E-state index in [0.29, 0.717) is 34.5 Å². The molecule has 0 bridgehead atoms. The van der Waals surface area contributed by atoms with Gasteiger partial charge in [0.05, 0.1) is 34.7 Å². The number of ether oxygens (including phenoxy) is 3. The van der Waals surface area contributed by atoms with Crippen LogP contribution < -0.4 is 20.5 Å². The quantitative estimate of drug-likeness (QED) is 0.371. The number of aromatic nitrogens is 3. The largest absolute Gasteiger partial charge is 0.473 e. The first kappa shape index (κ1) is 30.0. The summed E-state index contributed by atoms with van der Waals surface area (Å²) in [5.41, 5.74) is 10.5. The minimum atomic E-state index is -0.460. The van der Waals surface area contributed by atoms with Crippen molar-refractivity contribution in [3.8, 4) is 29.3 Å². The lowest BCUT2D eigenvalue weighted by Gasteiger charge is -2.44. The Morgan fingerprint density at radius 1 is 1.18 bits per heavy atom. The predicted octanol–water partition coefficient (Wildman–Crippen LogP) is 4.16. The minimum Gasteiger partial charge on any atom is -0.473 e. The van der Waals surface area contributed by atoms with E-state index in [1.165, 1.54) is 0 Å². The minimum absolute atomic E-state index is 0.0487. The molecule has 45 heavy (non-hydrogen) atoms. The summed E-state index contributed by atoms with van der Waals surface area (Å²) in [6, 6.07) is 8.19. The Morgan fingerprint density at radius 2 is 1.96 bits per heavy atom. The SMILES string of the molecule is CO[C@H]1CCN(C)[C@@H]1[C@H](C)Oc1cc(O[C@@H]2CNC2(C)C)nc(-c2noc3c2CCC[C@@]32CCCc3ccc(N)c(C#N)c32)n1. The molecule has 1 spiro atoms. The molecular formula is C34H43N7O4. The van der Waals surface area contributed by atoms with E-state index < -0.39 is 5.41 Å². The first-order chi connectivity index (χ1) is 21.6. The fourth-order valence-electron chi connectivity index (χ4n) is 8.17. The number of fused-ring (bicyclic) bond motifs is 4. The summed E-state index contributed by atoms with van der Waals surface area (Å²) < 4.78 is 25.0. The average Bonchev–Trinajstić information content (AvgIpc) is 3.64. The second kappa shape index (κ2) is 11.3. The highest BCUT2D eigenvalue weighted by molar-refractivity contribution is 5.67. The monoisotopic (exact) mass is 613 g/mol. The molecule has 11 heteroatoms. The molecule has 0 saturated carbocycles. The van der Waals surface area contributed by atoms with Crippen LogP contribution in [0, 0.1) is 11.3 Å². The summed E-state index contributed by atoms with van der Waals surface area (Å²) in [6.07, 6.45) is 6.14. The van der Waals surface area contributed by atoms with Crippen molar-refractivity contribution in [1.29, 1.82) is 5.26 Å². The lowest BCUT2D eigenvalue weighted by molar-refractivity contribution is 0.0157. The van der Waals surface area contributed by atoms with Crippen LogP contribution in [0.25, 0.3) is 11.5 Å². The number of hydrogen-bond acceptors (Lipinski definition) is 11. The summed E-state index contributed by atoms with van der Waals surface area (Å²) in [7, 11) is 3.85. The second-order valence-electron chi connectivity index (χ2n) is 13.7. The van der Waals surface area contributed by atoms with Crippen molar-refractivity contribution in [1.82, 2.24) is 25.3 Å². The molecule has 4 heterocycles. The van der Waals surface area contributed by atoms with Gasteiger partial charge in [-0.25, -0.2) is 0 Å². The van der Waals surface area contributed by atoms with Crippen LogP contribution in [0.1, 0.15) is 80.9 Å². The van der Waals surface area contributed by atoms with E-state index in [9.17, 15) is 5.26 Å². The Labute approximate surface area is 264 Å². The lowest BCUT2D eigenvalue weighted by atomic mass is 9.61. The van der Waals surface area contributed by atoms with Crippen LogP contribution in [0.5, 0.6) is 11.8 Å². The zero-order valence-electron chi connectivity index (χ0n) is 26.9. The van der Waals surface area contributed by atoms with Crippen LogP contribution in [0.2, 0.25) is 0 Å². The van der Waals surface area contributed by atoms with E-state index in [-0.39, 0.29) is 29.9 Å². The number of methoxy groups -OCH3 is 1. The van der Waals surface area contributed by atoms with Gasteiger partial charge in [-0.3, -0.25) is 4.90 Å². The molecule has 0 amide bonds. The molecular weight excluding hydrogens is 570 g/mol. The van der Waals surface area contributed by atoms with Gasteiger partial charge in [-0.1, -0.05) is 11.2 Å². The Bertz CT molecular complexity index is 1640. The topological polar surface area (TPSA) is 145 Å². The fraction of sp³-hybridized carbons (Fsp3) is 0.588. The standard InChI is InChI=1S/C34H43N7O4/c1-19(30-24(42-5)12-15-41(30)4)43-26-16-27(44-25-18-37-33(25,2)3)39-32(38-26)29-21-9-7-14-34(31(21)45-40-29)13-6-8-20-10-11-23(36)22(17-35)28(20)34/h10-11,16,19,24-25,30,37H,6-9,12-15,18,36H2,1-5H3/t19-,24-,25+,30+,34+/m0/s1. The van der Waals surface area contributed by atoms with Crippen LogP contribution in [0.4, 0.5) is 5.69 Å². The number of anilines is 1. The maximum atomic E-state index is 10.2. The van der Waals surface area contributed by atoms with Gasteiger partial charge in [-0.05, 0) is 90.0 Å². The molecule has 238 valence electrons. The number of nitrogens with two attached hydrogens (primary N) is 1. The molecule has 5 atom stereocenters. The Balaban J connectivity index is 1.30. The van der Waals surface area contributed by atoms with Crippen molar-refractivity contribution in [3.63, 3.8) is 0 Å². The van der Waals surface area contributed by atoms with Gasteiger partial charge in [0.25, 0.3) is 0 Å². The van der Waals surface area contributed by atoms with Crippen LogP contribution in [-0.2, 0) is 23.0 Å². The second-order valence-corrected chi connectivity index (χ2v) is 13.7. The third kappa shape index (κ3) is 4.94. The van der Waals surface area contributed by atoms with E-state index >= 15 is 0 Å². The normalized spacial score (nSPS) is 27.7. The molecule has 7 rings (SSSR count). The summed E-state index contributed by atoms with van der Waals surface area (Å²) in [5.74, 6) is 2.08. The van der Waals surface area contributed by atoms with Gasteiger partial charge in [0.1, 0.15) is 18.3 Å². The molecule has 3 aromatic rings. The number of nitrogens with one attached hydrogen (secondary N) is 1. The van der Waals surface area contributed by atoms with Crippen LogP contribution in [0.15, 0.2) is 22.7 Å². The highest BCUT2D eigenvalue weighted by atomic mass is 16.5. The van der Waals surface area contributed by atoms with Crippen molar-refractivity contribution in [2.45, 2.75) is 101 Å². The van der Waals surface area contributed by atoms with Crippen molar-refractivity contribution < 1.29 is 18.7 Å². The summed E-state index contributed by atoms with van der Waals surface area (Å²) in [6.45, 7) is 7.95. The maximum absolute atomic E-state index is 10.2. The molecule has 2 aromatic heterocycles. The van der Waals surface area contributed by atoms with E-state index in [1.807, 2.05) is 6.07 Å². The predicted molar refractivity (Wildman–Crippen MR) is 168 cm³/mol. The molecule has 2 aliphatic heterocycles. The molecule has 4 aliphatic rings. The number of nitriles is 1. The first-order valence-electron chi connectivity index (χ1n) is 16.2. The number of likely N-dealkylation sites (N-methyl/N-ethyl adjacent to an activating group) is 1. The van der Waals surface area contributed by atoms with Gasteiger partial charge in [-0.15, -0.1) is 0 Å². The van der Waals surface area contributed by atoms with Crippen LogP contribution in [0.3, 0.4) is 0 Å². The third-order valence-corrected chi connectivity index (χ3v) is 10.7. The van der Waals surface area contributed by atoms with E-state index in [2.05, 4.69) is 55.3 Å². The number of nitrogens with zero attached hydrogens (tertiary/aromatic N) is 5. The van der Waals surface area contributed by atoms with Crippen LogP contribution in [-0.4, -0.2) is 77.2 Å². The average molecular weight is 614 g/mol. The van der Waals surface area contributed by atoms with Gasteiger partial charge in [0.15, 0.2) is 17.3 Å². The Hall–Kier alpha value is -3.72. The van der Waals surface area contributed by atoms with E-state index in [4.69, 9.17) is 34.4 Å². The van der Waals surface area contributed by atoms with E-state index in [0.717, 1.165) is 80.5 Å². The number of hydrogen-bond donors (Lipinski definition) is 2. The third-order valence-electron chi connectivity index (χ3n) is 10.7. The fourth-order valence-corrected chi connectivity index (χ4v) is 8.17. The molecule has 1 aromatic carbocycles. The summed E-state index contributed by atoms with van der Waals surface area (Å²) in [5, 5.41) is 18.2. The van der Waals surface area contributed by atoms with Crippen molar-refractivity contribution in [2.24, 2.45) is 0 Å². The van der Waals surface area contributed by atoms with Gasteiger partial charge in [0, 0.05) is 31.5 Å². The number of likely N-dealkylation sites (tertiary alicyclic amines) is 1. The highest BCUT2D eigenvalue weighted by Gasteiger charge is 2.48. The van der Waals surface area contributed by atoms with Crippen molar-refractivity contribution in [3.05, 3.63) is 46.2 Å². The van der Waals surface area contributed by atoms with Gasteiger partial charge < -0.3 is 29.8 Å². The molecule has 11 nitrogen and oxygen atoms in total. The van der Waals surface area contributed by atoms with Crippen LogP contribution >= 0.6 is 0 Å². The maximum Gasteiger partial charge on any atom is 0.221 e. The number of benzene rings is 1. The number of rotatable bonds is 7. The smallest absolute Gasteiger partial charge is 0.221 e.